The Balaban J connectivity index is 2.96. The minimum absolute atomic E-state index is 0.119. The second kappa shape index (κ2) is 6.76. The summed E-state index contributed by atoms with van der Waals surface area (Å²) < 4.78 is 0.771. The average Bonchev–Trinajstić information content (AvgIpc) is 2.29. The van der Waals surface area contributed by atoms with Gasteiger partial charge in [-0.3, -0.25) is 9.59 Å². The Morgan fingerprint density at radius 2 is 2.00 bits per heavy atom. The fraction of sp³-hybridized carbons (Fsp3) is 0.429. The third kappa shape index (κ3) is 4.94. The van der Waals surface area contributed by atoms with Crippen molar-refractivity contribution < 1.29 is 14.7 Å². The molecule has 0 saturated heterocycles. The van der Waals surface area contributed by atoms with Crippen molar-refractivity contribution in [3.63, 3.8) is 0 Å². The van der Waals surface area contributed by atoms with Crippen LogP contribution in [0.5, 0.6) is 0 Å². The van der Waals surface area contributed by atoms with Crippen LogP contribution in [0.4, 0.5) is 0 Å². The van der Waals surface area contributed by atoms with Crippen LogP contribution in [0.1, 0.15) is 37.6 Å². The van der Waals surface area contributed by atoms with Crippen LogP contribution in [0.15, 0.2) is 18.2 Å². The van der Waals surface area contributed by atoms with Gasteiger partial charge in [0.25, 0.3) is 5.91 Å². The minimum Gasteiger partial charge on any atom is -0.481 e. The first-order valence-corrected chi connectivity index (χ1v) is 7.54. The molecule has 1 atom stereocenters. The number of rotatable bonds is 4. The highest BCUT2D eigenvalue weighted by atomic mass is 127. The number of carbonyl (C=O) groups excluding carboxylic acids is 1. The number of carboxylic acids is 1. The Bertz CT molecular complexity index is 526. The zero-order valence-corrected chi connectivity index (χ0v) is 14.4. The molecule has 0 spiro atoms. The predicted octanol–water partition coefficient (Wildman–Crippen LogP) is 3.56. The van der Waals surface area contributed by atoms with E-state index in [-0.39, 0.29) is 17.7 Å². The SMILES string of the molecule is CC(C)(C)C(CC(=O)O)NC(=O)c1cc(Cl)ccc1I. The molecule has 1 amide bonds. The molecule has 0 fully saturated rings. The second-order valence-electron chi connectivity index (χ2n) is 5.61. The molecule has 0 radical (unpaired) electrons. The van der Waals surface area contributed by atoms with Crippen molar-refractivity contribution >= 4 is 46.1 Å². The van der Waals surface area contributed by atoms with Crippen molar-refractivity contribution in [1.29, 1.82) is 0 Å². The standard InChI is InChI=1S/C14H17ClINO3/c1-14(2,3)11(7-12(18)19)17-13(20)9-6-8(15)4-5-10(9)16/h4-6,11H,7H2,1-3H3,(H,17,20)(H,18,19). The van der Waals surface area contributed by atoms with Crippen molar-refractivity contribution in [3.8, 4) is 0 Å². The van der Waals surface area contributed by atoms with Crippen LogP contribution in [0.2, 0.25) is 5.02 Å². The average molecular weight is 410 g/mol. The first-order chi connectivity index (χ1) is 9.11. The van der Waals surface area contributed by atoms with Crippen LogP contribution in [0.25, 0.3) is 0 Å². The molecule has 1 aromatic carbocycles. The van der Waals surface area contributed by atoms with Crippen molar-refractivity contribution in [3.05, 3.63) is 32.4 Å². The molecule has 4 nitrogen and oxygen atoms in total. The Morgan fingerprint density at radius 3 is 2.50 bits per heavy atom. The summed E-state index contributed by atoms with van der Waals surface area (Å²) in [5.41, 5.74) is 0.107. The molecular formula is C14H17ClINO3. The lowest BCUT2D eigenvalue weighted by Gasteiger charge is -2.30. The van der Waals surface area contributed by atoms with Crippen LogP contribution in [0, 0.1) is 8.99 Å². The Morgan fingerprint density at radius 1 is 1.40 bits per heavy atom. The number of carboxylic acid groups (broad SMARTS) is 1. The van der Waals surface area contributed by atoms with Gasteiger partial charge in [-0.05, 0) is 46.2 Å². The van der Waals surface area contributed by atoms with Crippen LogP contribution in [-0.2, 0) is 4.79 Å². The van der Waals surface area contributed by atoms with E-state index in [1.54, 1.807) is 18.2 Å². The highest BCUT2D eigenvalue weighted by molar-refractivity contribution is 14.1. The molecule has 2 N–H and O–H groups in total. The number of aliphatic carboxylic acids is 1. The summed E-state index contributed by atoms with van der Waals surface area (Å²) in [6.45, 7) is 5.68. The van der Waals surface area contributed by atoms with Crippen LogP contribution >= 0.6 is 34.2 Å². The Labute approximate surface area is 137 Å². The molecule has 0 aliphatic carbocycles. The van der Waals surface area contributed by atoms with Gasteiger partial charge in [-0.25, -0.2) is 0 Å². The zero-order valence-electron chi connectivity index (χ0n) is 11.5. The van der Waals surface area contributed by atoms with Crippen LogP contribution in [-0.4, -0.2) is 23.0 Å². The zero-order chi connectivity index (χ0) is 15.5. The number of nitrogens with one attached hydrogen (secondary N) is 1. The fourth-order valence-electron chi connectivity index (χ4n) is 1.66. The summed E-state index contributed by atoms with van der Waals surface area (Å²) >= 11 is 7.94. The van der Waals surface area contributed by atoms with E-state index in [4.69, 9.17) is 16.7 Å². The Kier molecular flexibility index (Phi) is 5.82. The monoisotopic (exact) mass is 409 g/mol. The second-order valence-corrected chi connectivity index (χ2v) is 7.21. The maximum atomic E-state index is 12.3. The predicted molar refractivity (Wildman–Crippen MR) is 87.1 cm³/mol. The van der Waals surface area contributed by atoms with Gasteiger partial charge < -0.3 is 10.4 Å². The van der Waals surface area contributed by atoms with E-state index in [1.165, 1.54) is 0 Å². The first kappa shape index (κ1) is 17.2. The van der Waals surface area contributed by atoms with Gasteiger partial charge >= 0.3 is 5.97 Å². The molecule has 0 aliphatic heterocycles. The summed E-state index contributed by atoms with van der Waals surface area (Å²) in [6, 6.07) is 4.58. The van der Waals surface area contributed by atoms with E-state index in [0.29, 0.717) is 10.6 Å². The molecule has 0 heterocycles. The number of hydrogen-bond donors (Lipinski definition) is 2. The molecule has 0 aromatic heterocycles. The summed E-state index contributed by atoms with van der Waals surface area (Å²) in [5.74, 6) is -1.25. The molecular weight excluding hydrogens is 393 g/mol. The lowest BCUT2D eigenvalue weighted by molar-refractivity contribution is -0.138. The molecule has 1 rings (SSSR count). The summed E-state index contributed by atoms with van der Waals surface area (Å²) in [7, 11) is 0. The molecule has 0 aliphatic rings. The molecule has 0 bridgehead atoms. The maximum Gasteiger partial charge on any atom is 0.305 e. The molecule has 0 saturated carbocycles. The Hall–Kier alpha value is -0.820. The van der Waals surface area contributed by atoms with Gasteiger partial charge in [0.1, 0.15) is 0 Å². The van der Waals surface area contributed by atoms with E-state index in [2.05, 4.69) is 5.32 Å². The van der Waals surface area contributed by atoms with E-state index in [9.17, 15) is 9.59 Å². The molecule has 20 heavy (non-hydrogen) atoms. The topological polar surface area (TPSA) is 66.4 Å². The quantitative estimate of drug-likeness (QED) is 0.747. The molecule has 1 unspecified atom stereocenters. The number of amides is 1. The minimum atomic E-state index is -0.939. The van der Waals surface area contributed by atoms with Crippen LogP contribution in [0.3, 0.4) is 0 Å². The smallest absolute Gasteiger partial charge is 0.305 e. The van der Waals surface area contributed by atoms with Gasteiger partial charge in [0, 0.05) is 14.6 Å². The maximum absolute atomic E-state index is 12.3. The lowest BCUT2D eigenvalue weighted by Crippen LogP contribution is -2.45. The summed E-state index contributed by atoms with van der Waals surface area (Å²) in [6.07, 6.45) is -0.119. The van der Waals surface area contributed by atoms with Crippen molar-refractivity contribution in [2.75, 3.05) is 0 Å². The number of carbonyl (C=O) groups is 2. The number of hydrogen-bond acceptors (Lipinski definition) is 2. The van der Waals surface area contributed by atoms with E-state index in [0.717, 1.165) is 3.57 Å². The molecule has 110 valence electrons. The molecule has 6 heteroatoms. The van der Waals surface area contributed by atoms with E-state index >= 15 is 0 Å². The molecule has 1 aromatic rings. The highest BCUT2D eigenvalue weighted by Crippen LogP contribution is 2.23. The van der Waals surface area contributed by atoms with E-state index < -0.39 is 12.0 Å². The van der Waals surface area contributed by atoms with Crippen molar-refractivity contribution in [2.45, 2.75) is 33.2 Å². The van der Waals surface area contributed by atoms with Gasteiger partial charge in [0.05, 0.1) is 12.0 Å². The number of halogens is 2. The van der Waals surface area contributed by atoms with Crippen molar-refractivity contribution in [1.82, 2.24) is 5.32 Å². The van der Waals surface area contributed by atoms with Crippen LogP contribution < -0.4 is 5.32 Å². The van der Waals surface area contributed by atoms with Gasteiger partial charge in [-0.2, -0.15) is 0 Å². The third-order valence-electron chi connectivity index (χ3n) is 2.90. The van der Waals surface area contributed by atoms with E-state index in [1.807, 2.05) is 43.4 Å². The normalized spacial score (nSPS) is 12.8. The van der Waals surface area contributed by atoms with Gasteiger partial charge in [0.15, 0.2) is 0 Å². The summed E-state index contributed by atoms with van der Waals surface area (Å²) in [5, 5.41) is 12.2. The van der Waals surface area contributed by atoms with Crippen molar-refractivity contribution in [2.24, 2.45) is 5.41 Å². The fourth-order valence-corrected chi connectivity index (χ4v) is 2.41. The van der Waals surface area contributed by atoms with Gasteiger partial charge in [-0.15, -0.1) is 0 Å². The number of benzene rings is 1. The highest BCUT2D eigenvalue weighted by Gasteiger charge is 2.29. The lowest BCUT2D eigenvalue weighted by atomic mass is 9.84. The summed E-state index contributed by atoms with van der Waals surface area (Å²) in [4.78, 5) is 23.2. The first-order valence-electron chi connectivity index (χ1n) is 6.09. The largest absolute Gasteiger partial charge is 0.481 e. The van der Waals surface area contributed by atoms with Gasteiger partial charge in [-0.1, -0.05) is 32.4 Å². The third-order valence-corrected chi connectivity index (χ3v) is 4.08. The van der Waals surface area contributed by atoms with Gasteiger partial charge in [0.2, 0.25) is 0 Å².